The maximum absolute atomic E-state index is 12.5. The molecule has 0 saturated carbocycles. The minimum absolute atomic E-state index is 0.108. The van der Waals surface area contributed by atoms with Crippen LogP contribution >= 0.6 is 23.2 Å². The zero-order valence-corrected chi connectivity index (χ0v) is 15.3. The Morgan fingerprint density at radius 1 is 1.15 bits per heavy atom. The van der Waals surface area contributed by atoms with Gasteiger partial charge < -0.3 is 10.2 Å². The molecular weight excluding hydrogens is 377 g/mol. The third kappa shape index (κ3) is 4.26. The number of amides is 1. The second-order valence-corrected chi connectivity index (χ2v) is 7.00. The van der Waals surface area contributed by atoms with E-state index in [1.165, 1.54) is 18.2 Å². The highest BCUT2D eigenvalue weighted by atomic mass is 35.5. The highest BCUT2D eigenvalue weighted by Crippen LogP contribution is 2.29. The third-order valence-electron chi connectivity index (χ3n) is 4.46. The van der Waals surface area contributed by atoms with E-state index in [0.29, 0.717) is 23.6 Å². The Balaban J connectivity index is 1.59. The van der Waals surface area contributed by atoms with Crippen LogP contribution in [0.3, 0.4) is 0 Å². The molecule has 6 nitrogen and oxygen atoms in total. The zero-order chi connectivity index (χ0) is 18.7. The van der Waals surface area contributed by atoms with Gasteiger partial charge >= 0.3 is 0 Å². The van der Waals surface area contributed by atoms with Crippen LogP contribution in [0.4, 0.5) is 17.1 Å². The average molecular weight is 394 g/mol. The number of halogens is 2. The van der Waals surface area contributed by atoms with Crippen molar-refractivity contribution in [2.24, 2.45) is 5.92 Å². The van der Waals surface area contributed by atoms with Gasteiger partial charge in [0.2, 0.25) is 5.91 Å². The number of nitrogens with one attached hydrogen (secondary N) is 1. The van der Waals surface area contributed by atoms with Crippen LogP contribution in [-0.4, -0.2) is 23.9 Å². The van der Waals surface area contributed by atoms with Gasteiger partial charge in [0, 0.05) is 41.9 Å². The van der Waals surface area contributed by atoms with Gasteiger partial charge in [0.15, 0.2) is 0 Å². The molecule has 1 heterocycles. The Kier molecular flexibility index (Phi) is 5.64. The molecular formula is C18H17Cl2N3O3. The Bertz CT molecular complexity index is 836. The van der Waals surface area contributed by atoms with Crippen molar-refractivity contribution in [1.29, 1.82) is 0 Å². The van der Waals surface area contributed by atoms with E-state index in [1.807, 2.05) is 24.3 Å². The minimum atomic E-state index is -0.525. The standard InChI is InChI=1S/C18H17Cl2N3O3/c19-13-2-1-3-14(10-13)22-8-6-12(7-9-22)18(24)21-17-5-4-15(23(25)26)11-16(17)20/h1-5,10-12H,6-9H2,(H,21,24). The van der Waals surface area contributed by atoms with E-state index in [2.05, 4.69) is 10.2 Å². The lowest BCUT2D eigenvalue weighted by Crippen LogP contribution is -2.38. The summed E-state index contributed by atoms with van der Waals surface area (Å²) < 4.78 is 0. The van der Waals surface area contributed by atoms with Crippen LogP contribution in [-0.2, 0) is 4.79 Å². The summed E-state index contributed by atoms with van der Waals surface area (Å²) in [5.74, 6) is -0.247. The van der Waals surface area contributed by atoms with Gasteiger partial charge in [-0.15, -0.1) is 0 Å². The maximum atomic E-state index is 12.5. The molecule has 1 N–H and O–H groups in total. The first-order chi connectivity index (χ1) is 12.4. The summed E-state index contributed by atoms with van der Waals surface area (Å²) in [6.45, 7) is 1.51. The van der Waals surface area contributed by atoms with Crippen molar-refractivity contribution in [2.75, 3.05) is 23.3 Å². The monoisotopic (exact) mass is 393 g/mol. The first-order valence-electron chi connectivity index (χ1n) is 8.19. The van der Waals surface area contributed by atoms with Crippen molar-refractivity contribution in [3.63, 3.8) is 0 Å². The molecule has 1 fully saturated rings. The fourth-order valence-electron chi connectivity index (χ4n) is 3.03. The largest absolute Gasteiger partial charge is 0.371 e. The summed E-state index contributed by atoms with van der Waals surface area (Å²) in [5.41, 5.74) is 1.33. The molecule has 2 aromatic carbocycles. The average Bonchev–Trinajstić information content (AvgIpc) is 2.63. The SMILES string of the molecule is O=C(Nc1ccc([N+](=O)[O-])cc1Cl)C1CCN(c2cccc(Cl)c2)CC1. The fraction of sp³-hybridized carbons (Fsp3) is 0.278. The number of nitro benzene ring substituents is 1. The Morgan fingerprint density at radius 3 is 2.50 bits per heavy atom. The van der Waals surface area contributed by atoms with Gasteiger partial charge in [-0.25, -0.2) is 0 Å². The van der Waals surface area contributed by atoms with Gasteiger partial charge in [-0.1, -0.05) is 29.3 Å². The molecule has 1 amide bonds. The molecule has 2 aromatic rings. The van der Waals surface area contributed by atoms with Crippen molar-refractivity contribution in [3.8, 4) is 0 Å². The van der Waals surface area contributed by atoms with Gasteiger partial charge in [0.05, 0.1) is 15.6 Å². The number of carbonyl (C=O) groups excluding carboxylic acids is 1. The van der Waals surface area contributed by atoms with Gasteiger partial charge in [-0.05, 0) is 37.1 Å². The molecule has 1 aliphatic rings. The van der Waals surface area contributed by atoms with E-state index < -0.39 is 4.92 Å². The van der Waals surface area contributed by atoms with Crippen LogP contribution in [0.25, 0.3) is 0 Å². The number of hydrogen-bond acceptors (Lipinski definition) is 4. The first kappa shape index (κ1) is 18.5. The summed E-state index contributed by atoms with van der Waals surface area (Å²) in [4.78, 5) is 24.9. The molecule has 26 heavy (non-hydrogen) atoms. The van der Waals surface area contributed by atoms with E-state index in [4.69, 9.17) is 23.2 Å². The normalized spacial score (nSPS) is 14.9. The van der Waals surface area contributed by atoms with Gasteiger partial charge in [0.1, 0.15) is 0 Å². The topological polar surface area (TPSA) is 75.5 Å². The van der Waals surface area contributed by atoms with E-state index >= 15 is 0 Å². The fourth-order valence-corrected chi connectivity index (χ4v) is 3.43. The van der Waals surface area contributed by atoms with E-state index in [9.17, 15) is 14.9 Å². The second-order valence-electron chi connectivity index (χ2n) is 6.15. The Labute approximate surface area is 160 Å². The lowest BCUT2D eigenvalue weighted by Gasteiger charge is -2.33. The van der Waals surface area contributed by atoms with E-state index in [1.54, 1.807) is 0 Å². The molecule has 136 valence electrons. The van der Waals surface area contributed by atoms with E-state index in [-0.39, 0.29) is 22.5 Å². The molecule has 0 radical (unpaired) electrons. The predicted molar refractivity (Wildman–Crippen MR) is 103 cm³/mol. The van der Waals surface area contributed by atoms with Crippen LogP contribution in [0.2, 0.25) is 10.0 Å². The van der Waals surface area contributed by atoms with Crippen LogP contribution < -0.4 is 10.2 Å². The van der Waals surface area contributed by atoms with Gasteiger partial charge in [-0.2, -0.15) is 0 Å². The quantitative estimate of drug-likeness (QED) is 0.600. The lowest BCUT2D eigenvalue weighted by molar-refractivity contribution is -0.384. The number of nitro groups is 1. The van der Waals surface area contributed by atoms with Crippen molar-refractivity contribution in [3.05, 3.63) is 62.6 Å². The third-order valence-corrected chi connectivity index (χ3v) is 5.01. The molecule has 0 spiro atoms. The maximum Gasteiger partial charge on any atom is 0.271 e. The zero-order valence-electron chi connectivity index (χ0n) is 13.8. The number of piperidine rings is 1. The Morgan fingerprint density at radius 2 is 1.88 bits per heavy atom. The van der Waals surface area contributed by atoms with Crippen LogP contribution in [0.5, 0.6) is 0 Å². The number of hydrogen-bond donors (Lipinski definition) is 1. The highest BCUT2D eigenvalue weighted by molar-refractivity contribution is 6.34. The van der Waals surface area contributed by atoms with Crippen molar-refractivity contribution in [2.45, 2.75) is 12.8 Å². The number of nitrogens with zero attached hydrogens (tertiary/aromatic N) is 2. The molecule has 1 saturated heterocycles. The lowest BCUT2D eigenvalue weighted by atomic mass is 9.95. The number of anilines is 2. The molecule has 0 unspecified atom stereocenters. The number of rotatable bonds is 4. The number of non-ortho nitro benzene ring substituents is 1. The number of benzene rings is 2. The molecule has 3 rings (SSSR count). The van der Waals surface area contributed by atoms with Crippen LogP contribution in [0.15, 0.2) is 42.5 Å². The van der Waals surface area contributed by atoms with Crippen molar-refractivity contribution in [1.82, 2.24) is 0 Å². The van der Waals surface area contributed by atoms with Crippen molar-refractivity contribution >= 4 is 46.2 Å². The molecule has 1 aliphatic heterocycles. The molecule has 0 bridgehead atoms. The Hall–Kier alpha value is -2.31. The molecule has 0 aromatic heterocycles. The van der Waals surface area contributed by atoms with Crippen LogP contribution in [0, 0.1) is 16.0 Å². The number of carbonyl (C=O) groups is 1. The molecule has 8 heteroatoms. The summed E-state index contributed by atoms with van der Waals surface area (Å²) in [5, 5.41) is 14.4. The summed E-state index contributed by atoms with van der Waals surface area (Å²) >= 11 is 12.1. The van der Waals surface area contributed by atoms with Crippen LogP contribution in [0.1, 0.15) is 12.8 Å². The smallest absolute Gasteiger partial charge is 0.271 e. The molecule has 0 aliphatic carbocycles. The predicted octanol–water partition coefficient (Wildman–Crippen LogP) is 4.76. The minimum Gasteiger partial charge on any atom is -0.371 e. The van der Waals surface area contributed by atoms with E-state index in [0.717, 1.165) is 18.8 Å². The van der Waals surface area contributed by atoms with Crippen molar-refractivity contribution < 1.29 is 9.72 Å². The highest BCUT2D eigenvalue weighted by Gasteiger charge is 2.26. The first-order valence-corrected chi connectivity index (χ1v) is 8.95. The molecule has 0 atom stereocenters. The van der Waals surface area contributed by atoms with Gasteiger partial charge in [-0.3, -0.25) is 14.9 Å². The van der Waals surface area contributed by atoms with Gasteiger partial charge in [0.25, 0.3) is 5.69 Å². The summed E-state index contributed by atoms with van der Waals surface area (Å²) in [7, 11) is 0. The summed E-state index contributed by atoms with van der Waals surface area (Å²) in [6, 6.07) is 11.7. The summed E-state index contributed by atoms with van der Waals surface area (Å²) in [6.07, 6.45) is 1.42. The second kappa shape index (κ2) is 7.93.